The number of para-hydroxylation sites is 1. The second-order valence-electron chi connectivity index (χ2n) is 5.52. The van der Waals surface area contributed by atoms with Gasteiger partial charge in [0.2, 0.25) is 0 Å². The van der Waals surface area contributed by atoms with Crippen molar-refractivity contribution in [1.29, 1.82) is 0 Å². The fourth-order valence-electron chi connectivity index (χ4n) is 2.34. The van der Waals surface area contributed by atoms with E-state index in [0.717, 1.165) is 22.7 Å². The predicted molar refractivity (Wildman–Crippen MR) is 100.0 cm³/mol. The maximum absolute atomic E-state index is 12.0. The van der Waals surface area contributed by atoms with Gasteiger partial charge in [-0.05, 0) is 61.0 Å². The van der Waals surface area contributed by atoms with E-state index in [-0.39, 0.29) is 6.03 Å². The molecule has 0 aliphatic carbocycles. The number of urea groups is 1. The zero-order valence-corrected chi connectivity index (χ0v) is 13.4. The molecule has 3 aromatic rings. The molecule has 0 bridgehead atoms. The maximum Gasteiger partial charge on any atom is 0.323 e. The molecular formula is C20H19N3O. The Kier molecular flexibility index (Phi) is 4.77. The van der Waals surface area contributed by atoms with Gasteiger partial charge >= 0.3 is 6.03 Å². The lowest BCUT2D eigenvalue weighted by atomic mass is 10.2. The number of hydrogen-bond donors (Lipinski definition) is 3. The molecule has 3 rings (SSSR count). The number of benzene rings is 3. The molecule has 0 aliphatic heterocycles. The molecule has 0 radical (unpaired) electrons. The molecule has 0 heterocycles. The second kappa shape index (κ2) is 7.33. The van der Waals surface area contributed by atoms with Crippen molar-refractivity contribution < 1.29 is 4.79 Å². The largest absolute Gasteiger partial charge is 0.356 e. The Labute approximate surface area is 141 Å². The van der Waals surface area contributed by atoms with E-state index in [1.54, 1.807) is 0 Å². The molecule has 2 amide bonds. The first-order chi connectivity index (χ1) is 11.7. The minimum Gasteiger partial charge on any atom is -0.356 e. The number of hydrogen-bond acceptors (Lipinski definition) is 2. The van der Waals surface area contributed by atoms with E-state index >= 15 is 0 Å². The molecule has 0 atom stereocenters. The number of rotatable bonds is 4. The lowest BCUT2D eigenvalue weighted by molar-refractivity contribution is 0.262. The zero-order valence-electron chi connectivity index (χ0n) is 13.4. The molecule has 0 spiro atoms. The number of carbonyl (C=O) groups excluding carboxylic acids is 1. The molecule has 120 valence electrons. The summed E-state index contributed by atoms with van der Waals surface area (Å²) in [5.74, 6) is 0. The summed E-state index contributed by atoms with van der Waals surface area (Å²) in [6.07, 6.45) is 0. The van der Waals surface area contributed by atoms with E-state index in [0.29, 0.717) is 0 Å². The van der Waals surface area contributed by atoms with Crippen molar-refractivity contribution in [3.8, 4) is 0 Å². The molecule has 0 saturated carbocycles. The maximum atomic E-state index is 12.0. The van der Waals surface area contributed by atoms with Crippen molar-refractivity contribution in [1.82, 2.24) is 0 Å². The smallest absolute Gasteiger partial charge is 0.323 e. The van der Waals surface area contributed by atoms with Crippen LogP contribution in [-0.2, 0) is 0 Å². The topological polar surface area (TPSA) is 53.2 Å². The van der Waals surface area contributed by atoms with Crippen molar-refractivity contribution >= 4 is 28.8 Å². The van der Waals surface area contributed by atoms with Gasteiger partial charge in [0.25, 0.3) is 0 Å². The molecule has 0 aliphatic rings. The van der Waals surface area contributed by atoms with Gasteiger partial charge in [0.1, 0.15) is 0 Å². The fraction of sp³-hybridized carbons (Fsp3) is 0.0500. The van der Waals surface area contributed by atoms with Crippen molar-refractivity contribution in [3.63, 3.8) is 0 Å². The summed E-state index contributed by atoms with van der Waals surface area (Å²) in [6.45, 7) is 2.06. The summed E-state index contributed by atoms with van der Waals surface area (Å²) in [5, 5.41) is 8.93. The van der Waals surface area contributed by atoms with E-state index in [9.17, 15) is 4.79 Å². The van der Waals surface area contributed by atoms with Gasteiger partial charge in [0.15, 0.2) is 0 Å². The molecule has 4 heteroatoms. The number of anilines is 4. The highest BCUT2D eigenvalue weighted by Crippen LogP contribution is 2.20. The molecule has 0 unspecified atom stereocenters. The third kappa shape index (κ3) is 4.36. The summed E-state index contributed by atoms with van der Waals surface area (Å²) in [7, 11) is 0. The third-order valence-electron chi connectivity index (χ3n) is 3.48. The first-order valence-corrected chi connectivity index (χ1v) is 7.76. The van der Waals surface area contributed by atoms with Gasteiger partial charge in [0.05, 0.1) is 0 Å². The van der Waals surface area contributed by atoms with Crippen LogP contribution in [0.3, 0.4) is 0 Å². The lowest BCUT2D eigenvalue weighted by Crippen LogP contribution is -2.19. The van der Waals surface area contributed by atoms with Gasteiger partial charge in [-0.15, -0.1) is 0 Å². The minimum absolute atomic E-state index is 0.263. The van der Waals surface area contributed by atoms with Gasteiger partial charge in [-0.2, -0.15) is 0 Å². The Morgan fingerprint density at radius 3 is 1.92 bits per heavy atom. The zero-order chi connectivity index (χ0) is 16.8. The highest BCUT2D eigenvalue weighted by molar-refractivity contribution is 5.99. The van der Waals surface area contributed by atoms with Crippen molar-refractivity contribution in [2.24, 2.45) is 0 Å². The molecule has 3 N–H and O–H groups in total. The van der Waals surface area contributed by atoms with Crippen LogP contribution in [0.15, 0.2) is 78.9 Å². The van der Waals surface area contributed by atoms with Crippen LogP contribution in [0.1, 0.15) is 5.56 Å². The molecule has 0 saturated heterocycles. The lowest BCUT2D eigenvalue weighted by Gasteiger charge is -2.10. The summed E-state index contributed by atoms with van der Waals surface area (Å²) in [5.41, 5.74) is 4.70. The Morgan fingerprint density at radius 2 is 1.25 bits per heavy atom. The monoisotopic (exact) mass is 317 g/mol. The van der Waals surface area contributed by atoms with Crippen LogP contribution < -0.4 is 16.0 Å². The Balaban J connectivity index is 1.59. The quantitative estimate of drug-likeness (QED) is 0.605. The Morgan fingerprint density at radius 1 is 0.667 bits per heavy atom. The fourth-order valence-corrected chi connectivity index (χ4v) is 2.34. The van der Waals surface area contributed by atoms with Crippen LogP contribution in [0.25, 0.3) is 0 Å². The first-order valence-electron chi connectivity index (χ1n) is 7.76. The highest BCUT2D eigenvalue weighted by Gasteiger charge is 2.02. The van der Waals surface area contributed by atoms with Gasteiger partial charge in [-0.1, -0.05) is 30.3 Å². The van der Waals surface area contributed by atoms with E-state index in [2.05, 4.69) is 35.0 Å². The first kappa shape index (κ1) is 15.6. The third-order valence-corrected chi connectivity index (χ3v) is 3.48. The number of nitrogens with one attached hydrogen (secondary N) is 3. The van der Waals surface area contributed by atoms with Crippen LogP contribution in [0, 0.1) is 6.92 Å². The van der Waals surface area contributed by atoms with Crippen LogP contribution in [-0.4, -0.2) is 6.03 Å². The molecule has 24 heavy (non-hydrogen) atoms. The van der Waals surface area contributed by atoms with Gasteiger partial charge in [-0.25, -0.2) is 4.79 Å². The normalized spacial score (nSPS) is 10.0. The van der Waals surface area contributed by atoms with Crippen LogP contribution in [0.2, 0.25) is 0 Å². The van der Waals surface area contributed by atoms with Gasteiger partial charge in [0, 0.05) is 22.7 Å². The Bertz CT molecular complexity index is 814. The number of carbonyl (C=O) groups is 1. The molecule has 0 fully saturated rings. The average Bonchev–Trinajstić information content (AvgIpc) is 2.57. The number of aryl methyl sites for hydroxylation is 1. The number of amides is 2. The van der Waals surface area contributed by atoms with Crippen LogP contribution >= 0.6 is 0 Å². The summed E-state index contributed by atoms with van der Waals surface area (Å²) in [6, 6.07) is 24.8. The predicted octanol–water partition coefficient (Wildman–Crippen LogP) is 5.38. The SMILES string of the molecule is Cc1cccc(Nc2ccc(NC(=O)Nc3ccccc3)cc2)c1. The van der Waals surface area contributed by atoms with Crippen molar-refractivity contribution in [2.75, 3.05) is 16.0 Å². The van der Waals surface area contributed by atoms with Gasteiger partial charge in [-0.3, -0.25) is 0 Å². The standard InChI is InChI=1S/C20H19N3O/c1-15-6-5-9-19(14-15)21-17-10-12-18(13-11-17)23-20(24)22-16-7-3-2-4-8-16/h2-14,21H,1H3,(H2,22,23,24). The highest BCUT2D eigenvalue weighted by atomic mass is 16.2. The summed E-state index contributed by atoms with van der Waals surface area (Å²) in [4.78, 5) is 12.0. The van der Waals surface area contributed by atoms with Crippen molar-refractivity contribution in [2.45, 2.75) is 6.92 Å². The minimum atomic E-state index is -0.263. The van der Waals surface area contributed by atoms with E-state index in [1.165, 1.54) is 5.56 Å². The van der Waals surface area contributed by atoms with Crippen molar-refractivity contribution in [3.05, 3.63) is 84.4 Å². The molecule has 3 aromatic carbocycles. The van der Waals surface area contributed by atoms with E-state index < -0.39 is 0 Å². The van der Waals surface area contributed by atoms with E-state index in [1.807, 2.05) is 66.7 Å². The second-order valence-corrected chi connectivity index (χ2v) is 5.52. The molecule has 0 aromatic heterocycles. The average molecular weight is 317 g/mol. The summed E-state index contributed by atoms with van der Waals surface area (Å²) >= 11 is 0. The van der Waals surface area contributed by atoms with E-state index in [4.69, 9.17) is 0 Å². The van der Waals surface area contributed by atoms with Crippen LogP contribution in [0.4, 0.5) is 27.5 Å². The van der Waals surface area contributed by atoms with Crippen LogP contribution in [0.5, 0.6) is 0 Å². The molecular weight excluding hydrogens is 298 g/mol. The molecule has 4 nitrogen and oxygen atoms in total. The van der Waals surface area contributed by atoms with Gasteiger partial charge < -0.3 is 16.0 Å². The summed E-state index contributed by atoms with van der Waals surface area (Å²) < 4.78 is 0. The Hall–Kier alpha value is -3.27.